The van der Waals surface area contributed by atoms with Crippen LogP contribution in [0.4, 0.5) is 5.69 Å². The van der Waals surface area contributed by atoms with Gasteiger partial charge in [-0.1, -0.05) is 0 Å². The zero-order valence-electron chi connectivity index (χ0n) is 14.6. The number of β-amino-alcohol motifs (C(OH)–C–C–N with tert-alkyl or cyclic N) is 1. The Morgan fingerprint density at radius 2 is 2.38 bits per heavy atom. The van der Waals surface area contributed by atoms with E-state index in [1.165, 1.54) is 0 Å². The molecule has 1 fully saturated rings. The molecular formula is C18H23N5O2S. The summed E-state index contributed by atoms with van der Waals surface area (Å²) in [7, 11) is 0. The molecule has 4 heterocycles. The molecule has 8 heteroatoms. The van der Waals surface area contributed by atoms with Gasteiger partial charge in [0.15, 0.2) is 0 Å². The lowest BCUT2D eigenvalue weighted by atomic mass is 10.1. The molecule has 1 saturated heterocycles. The van der Waals surface area contributed by atoms with Gasteiger partial charge in [0.2, 0.25) is 0 Å². The summed E-state index contributed by atoms with van der Waals surface area (Å²) in [4.78, 5) is 23.0. The largest absolute Gasteiger partial charge is 0.392 e. The maximum absolute atomic E-state index is 12.7. The van der Waals surface area contributed by atoms with Crippen molar-refractivity contribution in [2.24, 2.45) is 0 Å². The van der Waals surface area contributed by atoms with E-state index in [1.807, 2.05) is 31.5 Å². The van der Waals surface area contributed by atoms with Gasteiger partial charge in [0, 0.05) is 54.9 Å². The number of anilines is 1. The van der Waals surface area contributed by atoms with Crippen LogP contribution in [0.2, 0.25) is 0 Å². The summed E-state index contributed by atoms with van der Waals surface area (Å²) in [5.41, 5.74) is 1.90. The summed E-state index contributed by atoms with van der Waals surface area (Å²) < 4.78 is 0. The lowest BCUT2D eigenvalue weighted by Gasteiger charge is -2.28. The first-order valence-electron chi connectivity index (χ1n) is 8.87. The van der Waals surface area contributed by atoms with Crippen molar-refractivity contribution in [1.29, 1.82) is 0 Å². The predicted octanol–water partition coefficient (Wildman–Crippen LogP) is 1.18. The third-order valence-electron chi connectivity index (χ3n) is 4.94. The summed E-state index contributed by atoms with van der Waals surface area (Å²) >= 11 is 1.58. The quantitative estimate of drug-likeness (QED) is 0.643. The predicted molar refractivity (Wildman–Crippen MR) is 104 cm³/mol. The SMILES string of the molecule is CC(NC(=O)C1=CN(c2ccnc3[nH]ccc23)CCS1)[C@H]1C[C@H](O)CN1. The average Bonchev–Trinajstić information content (AvgIpc) is 3.30. The molecule has 1 amide bonds. The van der Waals surface area contributed by atoms with E-state index in [0.717, 1.165) is 29.0 Å². The van der Waals surface area contributed by atoms with Crippen molar-refractivity contribution in [3.8, 4) is 0 Å². The number of aromatic nitrogens is 2. The van der Waals surface area contributed by atoms with Crippen LogP contribution < -0.4 is 15.5 Å². The van der Waals surface area contributed by atoms with Crippen LogP contribution in [0, 0.1) is 0 Å². The van der Waals surface area contributed by atoms with Crippen LogP contribution >= 0.6 is 11.8 Å². The van der Waals surface area contributed by atoms with Crippen molar-refractivity contribution in [2.45, 2.75) is 31.5 Å². The molecule has 0 spiro atoms. The van der Waals surface area contributed by atoms with Crippen LogP contribution in [0.25, 0.3) is 11.0 Å². The number of H-pyrrole nitrogens is 1. The van der Waals surface area contributed by atoms with E-state index in [9.17, 15) is 9.90 Å². The highest BCUT2D eigenvalue weighted by Crippen LogP contribution is 2.30. The Labute approximate surface area is 156 Å². The molecule has 2 aromatic heterocycles. The van der Waals surface area contributed by atoms with E-state index < -0.39 is 0 Å². The molecule has 3 atom stereocenters. The van der Waals surface area contributed by atoms with Gasteiger partial charge in [0.05, 0.1) is 16.7 Å². The number of amides is 1. The highest BCUT2D eigenvalue weighted by Gasteiger charge is 2.29. The zero-order chi connectivity index (χ0) is 18.1. The third-order valence-corrected chi connectivity index (χ3v) is 5.93. The second kappa shape index (κ2) is 7.30. The molecule has 4 N–H and O–H groups in total. The minimum absolute atomic E-state index is 0.0335. The summed E-state index contributed by atoms with van der Waals surface area (Å²) in [5, 5.41) is 17.0. The number of hydrogen-bond donors (Lipinski definition) is 4. The molecule has 2 aliphatic heterocycles. The van der Waals surface area contributed by atoms with Gasteiger partial charge in [-0.05, 0) is 25.5 Å². The number of fused-ring (bicyclic) bond motifs is 1. The van der Waals surface area contributed by atoms with Crippen LogP contribution in [-0.4, -0.2) is 58.0 Å². The van der Waals surface area contributed by atoms with Gasteiger partial charge in [-0.2, -0.15) is 0 Å². The standard InChI is InChI=1S/C18H23N5O2S/c1-11(14-8-12(24)9-21-14)22-18(25)16-10-23(6-7-26-16)15-3-5-20-17-13(15)2-4-19-17/h2-5,10-12,14,21,24H,6-9H2,1H3,(H,19,20)(H,22,25)/t11?,12-,14+/m0/s1. The van der Waals surface area contributed by atoms with Crippen LogP contribution in [0.3, 0.4) is 0 Å². The number of hydrogen-bond acceptors (Lipinski definition) is 6. The van der Waals surface area contributed by atoms with E-state index >= 15 is 0 Å². The molecule has 0 bridgehead atoms. The van der Waals surface area contributed by atoms with Gasteiger partial charge in [-0.15, -0.1) is 11.8 Å². The monoisotopic (exact) mass is 373 g/mol. The van der Waals surface area contributed by atoms with Crippen LogP contribution in [0.1, 0.15) is 13.3 Å². The number of aliphatic hydroxyl groups excluding tert-OH is 1. The second-order valence-corrected chi connectivity index (χ2v) is 7.91. The summed E-state index contributed by atoms with van der Waals surface area (Å²) in [6.07, 6.45) is 5.93. The Hall–Kier alpha value is -2.03. The fourth-order valence-corrected chi connectivity index (χ4v) is 4.41. The number of nitrogens with zero attached hydrogens (tertiary/aromatic N) is 2. The first-order chi connectivity index (χ1) is 12.6. The van der Waals surface area contributed by atoms with Crippen molar-refractivity contribution in [1.82, 2.24) is 20.6 Å². The number of carbonyl (C=O) groups is 1. The molecule has 2 aliphatic rings. The maximum atomic E-state index is 12.7. The van der Waals surface area contributed by atoms with Crippen molar-refractivity contribution in [2.75, 3.05) is 23.7 Å². The van der Waals surface area contributed by atoms with Gasteiger partial charge in [0.25, 0.3) is 5.91 Å². The van der Waals surface area contributed by atoms with E-state index in [2.05, 4.69) is 25.5 Å². The Morgan fingerprint density at radius 1 is 1.50 bits per heavy atom. The lowest BCUT2D eigenvalue weighted by molar-refractivity contribution is -0.117. The van der Waals surface area contributed by atoms with Gasteiger partial charge in [0.1, 0.15) is 5.65 Å². The van der Waals surface area contributed by atoms with Crippen LogP contribution in [0.5, 0.6) is 0 Å². The number of nitrogens with one attached hydrogen (secondary N) is 3. The summed E-state index contributed by atoms with van der Waals surface area (Å²) in [5.74, 6) is 0.789. The number of pyridine rings is 1. The number of thioether (sulfide) groups is 1. The minimum atomic E-state index is -0.325. The van der Waals surface area contributed by atoms with Crippen molar-refractivity contribution >= 4 is 34.4 Å². The Balaban J connectivity index is 1.49. The zero-order valence-corrected chi connectivity index (χ0v) is 15.4. The second-order valence-electron chi connectivity index (χ2n) is 6.77. The molecule has 0 saturated carbocycles. The Morgan fingerprint density at radius 3 is 3.19 bits per heavy atom. The van der Waals surface area contributed by atoms with Crippen molar-refractivity contribution in [3.05, 3.63) is 35.6 Å². The molecule has 0 aliphatic carbocycles. The molecule has 26 heavy (non-hydrogen) atoms. The van der Waals surface area contributed by atoms with Crippen LogP contribution in [-0.2, 0) is 4.79 Å². The smallest absolute Gasteiger partial charge is 0.259 e. The van der Waals surface area contributed by atoms with Gasteiger partial charge < -0.3 is 25.6 Å². The maximum Gasteiger partial charge on any atom is 0.259 e. The highest BCUT2D eigenvalue weighted by atomic mass is 32.2. The van der Waals surface area contributed by atoms with Gasteiger partial charge in [-0.25, -0.2) is 4.98 Å². The van der Waals surface area contributed by atoms with Crippen molar-refractivity contribution < 1.29 is 9.90 Å². The summed E-state index contributed by atoms with van der Waals surface area (Å²) in [6.45, 7) is 3.41. The number of aromatic amines is 1. The number of aliphatic hydroxyl groups is 1. The number of rotatable bonds is 4. The molecule has 138 valence electrons. The molecular weight excluding hydrogens is 350 g/mol. The Kier molecular flexibility index (Phi) is 4.88. The van der Waals surface area contributed by atoms with Crippen molar-refractivity contribution in [3.63, 3.8) is 0 Å². The van der Waals surface area contributed by atoms with Crippen LogP contribution in [0.15, 0.2) is 35.6 Å². The van der Waals surface area contributed by atoms with Gasteiger partial charge >= 0.3 is 0 Å². The van der Waals surface area contributed by atoms with Gasteiger partial charge in [-0.3, -0.25) is 4.79 Å². The number of carbonyl (C=O) groups excluding carboxylic acids is 1. The molecule has 4 rings (SSSR count). The fourth-order valence-electron chi connectivity index (χ4n) is 3.51. The summed E-state index contributed by atoms with van der Waals surface area (Å²) in [6, 6.07) is 4.06. The Bertz CT molecular complexity index is 836. The van der Waals surface area contributed by atoms with E-state index in [-0.39, 0.29) is 24.1 Å². The first kappa shape index (κ1) is 17.4. The molecule has 0 radical (unpaired) electrons. The average molecular weight is 373 g/mol. The first-order valence-corrected chi connectivity index (χ1v) is 9.86. The lowest BCUT2D eigenvalue weighted by Crippen LogP contribution is -2.46. The highest BCUT2D eigenvalue weighted by molar-refractivity contribution is 8.04. The topological polar surface area (TPSA) is 93.3 Å². The van der Waals surface area contributed by atoms with E-state index in [0.29, 0.717) is 17.9 Å². The normalized spacial score (nSPS) is 24.5. The third kappa shape index (κ3) is 3.44. The molecule has 2 aromatic rings. The fraction of sp³-hybridized carbons (Fsp3) is 0.444. The minimum Gasteiger partial charge on any atom is -0.392 e. The van der Waals surface area contributed by atoms with E-state index in [1.54, 1.807) is 18.0 Å². The molecule has 0 aromatic carbocycles. The van der Waals surface area contributed by atoms with E-state index in [4.69, 9.17) is 0 Å². The molecule has 1 unspecified atom stereocenters. The molecule has 7 nitrogen and oxygen atoms in total.